The van der Waals surface area contributed by atoms with Gasteiger partial charge in [-0.2, -0.15) is 0 Å². The summed E-state index contributed by atoms with van der Waals surface area (Å²) < 4.78 is 29.6. The monoisotopic (exact) mass is 397 g/mol. The number of sulfone groups is 1. The Bertz CT molecular complexity index is 832. The Labute approximate surface area is 157 Å². The molecule has 0 unspecified atom stereocenters. The van der Waals surface area contributed by atoms with Crippen molar-refractivity contribution in [2.75, 3.05) is 18.1 Å². The van der Waals surface area contributed by atoms with Gasteiger partial charge < -0.3 is 4.74 Å². The summed E-state index contributed by atoms with van der Waals surface area (Å²) >= 11 is 6.54. The van der Waals surface area contributed by atoms with Crippen LogP contribution >= 0.6 is 24.0 Å². The van der Waals surface area contributed by atoms with Gasteiger partial charge in [0.05, 0.1) is 29.1 Å². The third kappa shape index (κ3) is 4.07. The third-order valence-electron chi connectivity index (χ3n) is 4.06. The first-order chi connectivity index (χ1) is 11.9. The molecular formula is C17H19NO4S3. The minimum atomic E-state index is -3.08. The van der Waals surface area contributed by atoms with Crippen LogP contribution in [0.2, 0.25) is 0 Å². The molecule has 1 amide bonds. The zero-order chi connectivity index (χ0) is 18.0. The molecule has 1 atom stereocenters. The van der Waals surface area contributed by atoms with Gasteiger partial charge in [-0.05, 0) is 25.0 Å². The maximum absolute atomic E-state index is 12.8. The fourth-order valence-corrected chi connectivity index (χ4v) is 5.95. The van der Waals surface area contributed by atoms with Crippen LogP contribution in [0.4, 0.5) is 0 Å². The van der Waals surface area contributed by atoms with Crippen LogP contribution in [0.1, 0.15) is 25.3 Å². The molecule has 0 aromatic heterocycles. The van der Waals surface area contributed by atoms with Gasteiger partial charge in [-0.25, -0.2) is 8.42 Å². The molecule has 8 heteroatoms. The van der Waals surface area contributed by atoms with E-state index in [1.807, 2.05) is 31.2 Å². The lowest BCUT2D eigenvalue weighted by Gasteiger charge is -2.20. The Kier molecular flexibility index (Phi) is 5.50. The molecule has 2 fully saturated rings. The van der Waals surface area contributed by atoms with E-state index in [0.717, 1.165) is 17.7 Å². The quantitative estimate of drug-likeness (QED) is 0.562. The van der Waals surface area contributed by atoms with Crippen molar-refractivity contribution in [3.63, 3.8) is 0 Å². The van der Waals surface area contributed by atoms with E-state index >= 15 is 0 Å². The number of carbonyl (C=O) groups excluding carboxylic acids is 1. The normalized spacial score (nSPS) is 24.3. The number of ether oxygens (including phenoxy) is 1. The first-order valence-electron chi connectivity index (χ1n) is 8.10. The molecule has 0 radical (unpaired) electrons. The Morgan fingerprint density at radius 1 is 1.40 bits per heavy atom. The van der Waals surface area contributed by atoms with E-state index in [-0.39, 0.29) is 23.5 Å². The van der Waals surface area contributed by atoms with Crippen LogP contribution in [-0.4, -0.2) is 47.7 Å². The highest BCUT2D eigenvalue weighted by Crippen LogP contribution is 2.37. The van der Waals surface area contributed by atoms with Crippen molar-refractivity contribution in [3.8, 4) is 5.75 Å². The molecule has 2 heterocycles. The van der Waals surface area contributed by atoms with Crippen LogP contribution in [-0.2, 0) is 14.6 Å². The van der Waals surface area contributed by atoms with Gasteiger partial charge >= 0.3 is 0 Å². The van der Waals surface area contributed by atoms with Gasteiger partial charge in [-0.1, -0.05) is 49.1 Å². The first kappa shape index (κ1) is 18.4. The molecular weight excluding hydrogens is 378 g/mol. The number of amides is 1. The number of carbonyl (C=O) groups is 1. The van der Waals surface area contributed by atoms with Gasteiger partial charge in [0, 0.05) is 5.56 Å². The highest BCUT2D eigenvalue weighted by Gasteiger charge is 2.42. The SMILES string of the molecule is CCCOc1ccccc1/C=C1/SC(=S)N([C@H]2CCS(=O)(=O)C2)C1=O. The smallest absolute Gasteiger partial charge is 0.266 e. The minimum Gasteiger partial charge on any atom is -0.493 e. The average molecular weight is 398 g/mol. The number of benzene rings is 1. The van der Waals surface area contributed by atoms with E-state index in [0.29, 0.717) is 22.3 Å². The lowest BCUT2D eigenvalue weighted by Crippen LogP contribution is -2.39. The first-order valence-corrected chi connectivity index (χ1v) is 11.1. The summed E-state index contributed by atoms with van der Waals surface area (Å²) in [6.07, 6.45) is 3.11. The zero-order valence-electron chi connectivity index (χ0n) is 13.8. The number of para-hydroxylation sites is 1. The van der Waals surface area contributed by atoms with Crippen LogP contribution < -0.4 is 4.74 Å². The van der Waals surface area contributed by atoms with Crippen molar-refractivity contribution in [1.29, 1.82) is 0 Å². The van der Waals surface area contributed by atoms with Gasteiger partial charge in [0.2, 0.25) is 0 Å². The van der Waals surface area contributed by atoms with Crippen LogP contribution in [0.15, 0.2) is 29.2 Å². The highest BCUT2D eigenvalue weighted by molar-refractivity contribution is 8.26. The predicted octanol–water partition coefficient (Wildman–Crippen LogP) is 2.86. The summed E-state index contributed by atoms with van der Waals surface area (Å²) in [5.41, 5.74) is 0.815. The van der Waals surface area contributed by atoms with E-state index in [9.17, 15) is 13.2 Å². The van der Waals surface area contributed by atoms with Crippen molar-refractivity contribution >= 4 is 50.1 Å². The molecule has 5 nitrogen and oxygen atoms in total. The molecule has 0 bridgehead atoms. The Balaban J connectivity index is 1.84. The standard InChI is InChI=1S/C17H19NO4S3/c1-2-8-22-14-6-4-3-5-12(14)10-15-16(19)18(17(23)24-15)13-7-9-25(20,21)11-13/h3-6,10,13H,2,7-9,11H2,1H3/b15-10+/t13-/m0/s1. The minimum absolute atomic E-state index is 0.0110. The van der Waals surface area contributed by atoms with E-state index < -0.39 is 9.84 Å². The van der Waals surface area contributed by atoms with Crippen LogP contribution in [0.25, 0.3) is 6.08 Å². The van der Waals surface area contributed by atoms with Gasteiger partial charge in [-0.3, -0.25) is 9.69 Å². The number of rotatable bonds is 5. The topological polar surface area (TPSA) is 63.7 Å². The lowest BCUT2D eigenvalue weighted by atomic mass is 10.1. The summed E-state index contributed by atoms with van der Waals surface area (Å²) in [4.78, 5) is 14.7. The maximum atomic E-state index is 12.8. The molecule has 2 aliphatic rings. The molecule has 0 spiro atoms. The fraction of sp³-hybridized carbons (Fsp3) is 0.412. The van der Waals surface area contributed by atoms with E-state index in [2.05, 4.69) is 0 Å². The fourth-order valence-electron chi connectivity index (χ4n) is 2.86. The molecule has 3 rings (SSSR count). The second kappa shape index (κ2) is 7.47. The van der Waals surface area contributed by atoms with E-state index in [4.69, 9.17) is 17.0 Å². The third-order valence-corrected chi connectivity index (χ3v) is 7.15. The van der Waals surface area contributed by atoms with Crippen molar-refractivity contribution in [1.82, 2.24) is 4.90 Å². The van der Waals surface area contributed by atoms with Crippen LogP contribution in [0.3, 0.4) is 0 Å². The van der Waals surface area contributed by atoms with Crippen molar-refractivity contribution in [3.05, 3.63) is 34.7 Å². The molecule has 1 aromatic rings. The summed E-state index contributed by atoms with van der Waals surface area (Å²) in [5, 5.41) is 0. The van der Waals surface area contributed by atoms with Gasteiger partial charge in [0.1, 0.15) is 10.1 Å². The number of hydrogen-bond donors (Lipinski definition) is 0. The van der Waals surface area contributed by atoms with Crippen molar-refractivity contribution in [2.45, 2.75) is 25.8 Å². The second-order valence-electron chi connectivity index (χ2n) is 5.99. The molecule has 0 saturated carbocycles. The molecule has 0 aliphatic carbocycles. The summed E-state index contributed by atoms with van der Waals surface area (Å²) in [5.74, 6) is 0.602. The van der Waals surface area contributed by atoms with E-state index in [1.165, 1.54) is 16.7 Å². The van der Waals surface area contributed by atoms with Gasteiger partial charge in [0.25, 0.3) is 5.91 Å². The molecule has 2 saturated heterocycles. The van der Waals surface area contributed by atoms with Crippen LogP contribution in [0, 0.1) is 0 Å². The Hall–Kier alpha value is -1.38. The summed E-state index contributed by atoms with van der Waals surface area (Å²) in [6, 6.07) is 7.17. The lowest BCUT2D eigenvalue weighted by molar-refractivity contribution is -0.123. The molecule has 2 aliphatic heterocycles. The van der Waals surface area contributed by atoms with E-state index in [1.54, 1.807) is 6.08 Å². The summed E-state index contributed by atoms with van der Waals surface area (Å²) in [7, 11) is -3.08. The molecule has 134 valence electrons. The number of hydrogen-bond acceptors (Lipinski definition) is 6. The van der Waals surface area contributed by atoms with Gasteiger partial charge in [0.15, 0.2) is 9.84 Å². The largest absolute Gasteiger partial charge is 0.493 e. The Morgan fingerprint density at radius 3 is 2.84 bits per heavy atom. The average Bonchev–Trinajstić information content (AvgIpc) is 3.05. The van der Waals surface area contributed by atoms with Crippen molar-refractivity contribution in [2.24, 2.45) is 0 Å². The Morgan fingerprint density at radius 2 is 2.16 bits per heavy atom. The number of nitrogens with zero attached hydrogens (tertiary/aromatic N) is 1. The van der Waals surface area contributed by atoms with Crippen molar-refractivity contribution < 1.29 is 17.9 Å². The molecule has 1 aromatic carbocycles. The molecule has 0 N–H and O–H groups in total. The predicted molar refractivity (Wildman–Crippen MR) is 104 cm³/mol. The second-order valence-corrected chi connectivity index (χ2v) is 9.90. The van der Waals surface area contributed by atoms with Gasteiger partial charge in [-0.15, -0.1) is 0 Å². The zero-order valence-corrected chi connectivity index (χ0v) is 16.3. The van der Waals surface area contributed by atoms with Crippen LogP contribution in [0.5, 0.6) is 5.75 Å². The number of thioether (sulfide) groups is 1. The summed E-state index contributed by atoms with van der Waals surface area (Å²) in [6.45, 7) is 2.63. The molecule has 25 heavy (non-hydrogen) atoms. The highest BCUT2D eigenvalue weighted by atomic mass is 32.2. The maximum Gasteiger partial charge on any atom is 0.266 e. The number of thiocarbonyl (C=S) groups is 1.